The molecule has 1 aliphatic rings. The third kappa shape index (κ3) is 2.07. The molecule has 2 heterocycles. The van der Waals surface area contributed by atoms with Crippen molar-refractivity contribution in [2.45, 2.75) is 32.2 Å². The molecule has 1 aliphatic heterocycles. The van der Waals surface area contributed by atoms with Gasteiger partial charge in [0.15, 0.2) is 0 Å². The summed E-state index contributed by atoms with van der Waals surface area (Å²) in [4.78, 5) is 0. The monoisotopic (exact) mass is 256 g/mol. The normalized spacial score (nSPS) is 18.2. The van der Waals surface area contributed by atoms with Gasteiger partial charge in [-0.1, -0.05) is 38.1 Å². The number of nitrogens with zero attached hydrogens (tertiary/aromatic N) is 2. The molecule has 4 heteroatoms. The topological polar surface area (TPSA) is 55.9 Å². The Kier molecular flexibility index (Phi) is 2.93. The highest BCUT2D eigenvalue weighted by molar-refractivity contribution is 5.62. The summed E-state index contributed by atoms with van der Waals surface area (Å²) in [6, 6.07) is 9.15. The SMILES string of the molecule is CC(C)c1ccc(C2CCNc3c(N)cnn32)cc1. The van der Waals surface area contributed by atoms with Gasteiger partial charge in [0.2, 0.25) is 0 Å². The molecule has 1 atom stereocenters. The number of aromatic nitrogens is 2. The van der Waals surface area contributed by atoms with Crippen LogP contribution in [0.15, 0.2) is 30.5 Å². The van der Waals surface area contributed by atoms with Crippen LogP contribution in [-0.4, -0.2) is 16.3 Å². The highest BCUT2D eigenvalue weighted by Crippen LogP contribution is 2.32. The summed E-state index contributed by atoms with van der Waals surface area (Å²) in [5.74, 6) is 1.52. The van der Waals surface area contributed by atoms with E-state index in [-0.39, 0.29) is 6.04 Å². The van der Waals surface area contributed by atoms with E-state index in [0.29, 0.717) is 5.92 Å². The van der Waals surface area contributed by atoms with E-state index in [1.54, 1.807) is 6.20 Å². The first-order valence-corrected chi connectivity index (χ1v) is 6.83. The standard InChI is InChI=1S/C15H20N4/c1-10(2)11-3-5-12(6-4-11)14-7-8-17-15-13(16)9-18-19(14)15/h3-6,9-10,14,17H,7-8,16H2,1-2H3. The minimum absolute atomic E-state index is 0.287. The Morgan fingerprint density at radius 3 is 2.74 bits per heavy atom. The molecule has 1 unspecified atom stereocenters. The number of nitrogens with two attached hydrogens (primary N) is 1. The molecule has 0 saturated carbocycles. The summed E-state index contributed by atoms with van der Waals surface area (Å²) in [6.07, 6.45) is 2.76. The molecule has 2 aromatic rings. The van der Waals surface area contributed by atoms with Gasteiger partial charge in [0.1, 0.15) is 5.82 Å². The van der Waals surface area contributed by atoms with Crippen molar-refractivity contribution in [3.05, 3.63) is 41.6 Å². The molecular weight excluding hydrogens is 236 g/mol. The van der Waals surface area contributed by atoms with E-state index in [0.717, 1.165) is 24.5 Å². The lowest BCUT2D eigenvalue weighted by molar-refractivity contribution is 0.482. The van der Waals surface area contributed by atoms with Crippen molar-refractivity contribution >= 4 is 11.5 Å². The zero-order valence-corrected chi connectivity index (χ0v) is 11.4. The van der Waals surface area contributed by atoms with Crippen molar-refractivity contribution in [3.63, 3.8) is 0 Å². The van der Waals surface area contributed by atoms with Crippen LogP contribution in [0.3, 0.4) is 0 Å². The number of hydrogen-bond acceptors (Lipinski definition) is 3. The Morgan fingerprint density at radius 1 is 1.32 bits per heavy atom. The van der Waals surface area contributed by atoms with E-state index in [1.807, 2.05) is 4.68 Å². The van der Waals surface area contributed by atoms with E-state index < -0.39 is 0 Å². The molecule has 100 valence electrons. The molecular formula is C15H20N4. The third-order valence-corrected chi connectivity index (χ3v) is 3.82. The smallest absolute Gasteiger partial charge is 0.148 e. The maximum Gasteiger partial charge on any atom is 0.148 e. The average Bonchev–Trinajstić information content (AvgIpc) is 2.81. The maximum absolute atomic E-state index is 5.92. The van der Waals surface area contributed by atoms with Crippen LogP contribution < -0.4 is 11.1 Å². The van der Waals surface area contributed by atoms with Gasteiger partial charge in [-0.05, 0) is 23.5 Å². The van der Waals surface area contributed by atoms with Crippen molar-refractivity contribution in [1.82, 2.24) is 9.78 Å². The van der Waals surface area contributed by atoms with Gasteiger partial charge in [-0.3, -0.25) is 0 Å². The van der Waals surface area contributed by atoms with Crippen LogP contribution in [0, 0.1) is 0 Å². The Morgan fingerprint density at radius 2 is 2.05 bits per heavy atom. The zero-order chi connectivity index (χ0) is 13.4. The van der Waals surface area contributed by atoms with Crippen molar-refractivity contribution in [2.24, 2.45) is 0 Å². The molecule has 1 aromatic carbocycles. The number of rotatable bonds is 2. The third-order valence-electron chi connectivity index (χ3n) is 3.82. The maximum atomic E-state index is 5.92. The average molecular weight is 256 g/mol. The molecule has 19 heavy (non-hydrogen) atoms. The fourth-order valence-electron chi connectivity index (χ4n) is 2.66. The Hall–Kier alpha value is -1.97. The van der Waals surface area contributed by atoms with Crippen LogP contribution in [-0.2, 0) is 0 Å². The molecule has 1 aromatic heterocycles. The molecule has 0 spiro atoms. The molecule has 0 radical (unpaired) electrons. The molecule has 3 N–H and O–H groups in total. The van der Waals surface area contributed by atoms with Gasteiger partial charge in [-0.15, -0.1) is 0 Å². The van der Waals surface area contributed by atoms with E-state index in [9.17, 15) is 0 Å². The quantitative estimate of drug-likeness (QED) is 0.868. The fourth-order valence-corrected chi connectivity index (χ4v) is 2.66. The second kappa shape index (κ2) is 4.61. The first-order valence-electron chi connectivity index (χ1n) is 6.83. The molecule has 0 bridgehead atoms. The predicted octanol–water partition coefficient (Wildman–Crippen LogP) is 2.99. The highest BCUT2D eigenvalue weighted by atomic mass is 15.4. The van der Waals surface area contributed by atoms with Crippen molar-refractivity contribution in [3.8, 4) is 0 Å². The number of hydrogen-bond donors (Lipinski definition) is 2. The summed E-state index contributed by atoms with van der Waals surface area (Å²) >= 11 is 0. The first-order chi connectivity index (χ1) is 9.16. The summed E-state index contributed by atoms with van der Waals surface area (Å²) < 4.78 is 2.00. The minimum atomic E-state index is 0.287. The van der Waals surface area contributed by atoms with Gasteiger partial charge < -0.3 is 11.1 Å². The Balaban J connectivity index is 1.95. The Bertz CT molecular complexity index is 568. The summed E-state index contributed by atoms with van der Waals surface area (Å²) in [5.41, 5.74) is 9.32. The van der Waals surface area contributed by atoms with Crippen LogP contribution in [0.4, 0.5) is 11.5 Å². The molecule has 0 saturated heterocycles. The van der Waals surface area contributed by atoms with Crippen LogP contribution in [0.25, 0.3) is 0 Å². The molecule has 4 nitrogen and oxygen atoms in total. The van der Waals surface area contributed by atoms with Crippen molar-refractivity contribution in [1.29, 1.82) is 0 Å². The number of nitrogen functional groups attached to an aromatic ring is 1. The van der Waals surface area contributed by atoms with Crippen molar-refractivity contribution in [2.75, 3.05) is 17.6 Å². The lowest BCUT2D eigenvalue weighted by atomic mass is 9.97. The van der Waals surface area contributed by atoms with Crippen molar-refractivity contribution < 1.29 is 0 Å². The predicted molar refractivity (Wildman–Crippen MR) is 78.4 cm³/mol. The molecule has 0 aliphatic carbocycles. The largest absolute Gasteiger partial charge is 0.394 e. The summed E-state index contributed by atoms with van der Waals surface area (Å²) in [7, 11) is 0. The van der Waals surface area contributed by atoms with Gasteiger partial charge in [0.05, 0.1) is 17.9 Å². The lowest BCUT2D eigenvalue weighted by Crippen LogP contribution is -2.24. The summed E-state index contributed by atoms with van der Waals surface area (Å²) in [6.45, 7) is 5.37. The Labute approximate surface area is 113 Å². The van der Waals surface area contributed by atoms with Gasteiger partial charge >= 0.3 is 0 Å². The van der Waals surface area contributed by atoms with E-state index >= 15 is 0 Å². The first kappa shape index (κ1) is 12.1. The number of nitrogens with one attached hydrogen (secondary N) is 1. The van der Waals surface area contributed by atoms with Gasteiger partial charge in [-0.25, -0.2) is 4.68 Å². The van der Waals surface area contributed by atoms with E-state index in [2.05, 4.69) is 48.5 Å². The van der Waals surface area contributed by atoms with Crippen LogP contribution >= 0.6 is 0 Å². The lowest BCUT2D eigenvalue weighted by Gasteiger charge is -2.26. The fraction of sp³-hybridized carbons (Fsp3) is 0.400. The van der Waals surface area contributed by atoms with E-state index in [4.69, 9.17) is 5.73 Å². The molecule has 0 fully saturated rings. The second-order valence-corrected chi connectivity index (χ2v) is 5.45. The van der Waals surface area contributed by atoms with Gasteiger partial charge in [0.25, 0.3) is 0 Å². The summed E-state index contributed by atoms with van der Waals surface area (Å²) in [5, 5.41) is 7.72. The second-order valence-electron chi connectivity index (χ2n) is 5.45. The molecule has 0 amide bonds. The zero-order valence-electron chi connectivity index (χ0n) is 11.4. The number of fused-ring (bicyclic) bond motifs is 1. The number of anilines is 2. The van der Waals surface area contributed by atoms with Crippen LogP contribution in [0.2, 0.25) is 0 Å². The number of benzene rings is 1. The minimum Gasteiger partial charge on any atom is -0.394 e. The highest BCUT2D eigenvalue weighted by Gasteiger charge is 2.23. The van der Waals surface area contributed by atoms with Crippen LogP contribution in [0.1, 0.15) is 43.4 Å². The van der Waals surface area contributed by atoms with Gasteiger partial charge in [-0.2, -0.15) is 5.10 Å². The van der Waals surface area contributed by atoms with Gasteiger partial charge in [0, 0.05) is 6.54 Å². The molecule has 3 rings (SSSR count). The van der Waals surface area contributed by atoms with Crippen LogP contribution in [0.5, 0.6) is 0 Å². The van der Waals surface area contributed by atoms with E-state index in [1.165, 1.54) is 11.1 Å².